The van der Waals surface area contributed by atoms with Gasteiger partial charge >= 0.3 is 0 Å². The van der Waals surface area contributed by atoms with Crippen molar-refractivity contribution in [3.63, 3.8) is 0 Å². The van der Waals surface area contributed by atoms with Crippen LogP contribution >= 0.6 is 0 Å². The Labute approximate surface area is 286 Å². The van der Waals surface area contributed by atoms with E-state index in [-0.39, 0.29) is 0 Å². The van der Waals surface area contributed by atoms with Gasteiger partial charge < -0.3 is 0 Å². The van der Waals surface area contributed by atoms with Gasteiger partial charge in [-0.2, -0.15) is 0 Å². The van der Waals surface area contributed by atoms with Crippen LogP contribution in [0.4, 0.5) is 0 Å². The van der Waals surface area contributed by atoms with Crippen LogP contribution in [-0.2, 0) is 0 Å². The molecule has 0 radical (unpaired) electrons. The molecule has 5 aromatic heterocycles. The molecule has 0 saturated carbocycles. The molecule has 10 rings (SSSR count). The fourth-order valence-corrected chi connectivity index (χ4v) is 6.96. The summed E-state index contributed by atoms with van der Waals surface area (Å²) >= 11 is 0. The van der Waals surface area contributed by atoms with E-state index in [0.717, 1.165) is 99.4 Å². The number of pyridine rings is 4. The van der Waals surface area contributed by atoms with Gasteiger partial charge in [-0.25, -0.2) is 24.9 Å². The molecular formula is C44H26N6. The van der Waals surface area contributed by atoms with Crippen molar-refractivity contribution in [2.24, 2.45) is 0 Å². The van der Waals surface area contributed by atoms with Gasteiger partial charge in [0.15, 0.2) is 0 Å². The van der Waals surface area contributed by atoms with Crippen LogP contribution < -0.4 is 0 Å². The minimum atomic E-state index is 0.805. The molecule has 0 atom stereocenters. The van der Waals surface area contributed by atoms with E-state index in [1.54, 1.807) is 12.5 Å². The summed E-state index contributed by atoms with van der Waals surface area (Å²) in [5, 5.41) is 6.60. The molecule has 6 nitrogen and oxygen atoms in total. The van der Waals surface area contributed by atoms with Crippen LogP contribution in [0, 0.1) is 0 Å². The molecule has 0 fully saturated rings. The molecule has 0 bridgehead atoms. The topological polar surface area (TPSA) is 77.3 Å². The van der Waals surface area contributed by atoms with E-state index < -0.39 is 0 Å². The normalized spacial score (nSPS) is 11.6. The number of hydrogen-bond acceptors (Lipinski definition) is 6. The second-order valence-corrected chi connectivity index (χ2v) is 12.4. The Balaban J connectivity index is 1.02. The highest BCUT2D eigenvalue weighted by Crippen LogP contribution is 2.37. The van der Waals surface area contributed by atoms with Crippen molar-refractivity contribution in [2.45, 2.75) is 0 Å². The van der Waals surface area contributed by atoms with Gasteiger partial charge in [-0.3, -0.25) is 4.98 Å². The van der Waals surface area contributed by atoms with Gasteiger partial charge in [0, 0.05) is 45.1 Å². The molecule has 5 aromatic carbocycles. The Kier molecular flexibility index (Phi) is 6.39. The standard InChI is InChI=1S/C44H26N6/c1-2-6-34-33(5-1)35(15-16-36(34)39-18-12-29-9-8-28-4-3-22-46-43(28)44(29)50-39)38-19-14-32-24-30(13-17-37(32)48-38)31-10-7-27-11-20-41(49-42(27)25-31)40-21-23-45-26-47-40/h1-26H. The summed E-state index contributed by atoms with van der Waals surface area (Å²) in [4.78, 5) is 28.3. The molecule has 6 heteroatoms. The fourth-order valence-electron chi connectivity index (χ4n) is 6.96. The van der Waals surface area contributed by atoms with Crippen LogP contribution in [0.3, 0.4) is 0 Å². The first-order valence-corrected chi connectivity index (χ1v) is 16.5. The Morgan fingerprint density at radius 2 is 1.02 bits per heavy atom. The van der Waals surface area contributed by atoms with Crippen LogP contribution in [-0.4, -0.2) is 29.9 Å². The lowest BCUT2D eigenvalue weighted by Crippen LogP contribution is -1.92. The molecule has 232 valence electrons. The van der Waals surface area contributed by atoms with Gasteiger partial charge in [0.1, 0.15) is 6.33 Å². The predicted octanol–water partition coefficient (Wildman–Crippen LogP) is 10.5. The van der Waals surface area contributed by atoms with Crippen LogP contribution in [0.15, 0.2) is 158 Å². The van der Waals surface area contributed by atoms with Crippen LogP contribution in [0.2, 0.25) is 0 Å². The summed E-state index contributed by atoms with van der Waals surface area (Å²) in [7, 11) is 0. The second-order valence-electron chi connectivity index (χ2n) is 12.4. The van der Waals surface area contributed by atoms with Gasteiger partial charge in [-0.1, -0.05) is 91.0 Å². The van der Waals surface area contributed by atoms with Crippen LogP contribution in [0.5, 0.6) is 0 Å². The molecule has 0 aliphatic rings. The average Bonchev–Trinajstić information content (AvgIpc) is 3.19. The number of benzene rings is 5. The highest BCUT2D eigenvalue weighted by atomic mass is 14.8. The molecule has 0 N–H and O–H groups in total. The maximum Gasteiger partial charge on any atom is 0.116 e. The van der Waals surface area contributed by atoms with E-state index in [1.807, 2.05) is 24.4 Å². The molecule has 0 saturated heterocycles. The third-order valence-corrected chi connectivity index (χ3v) is 9.47. The van der Waals surface area contributed by atoms with Crippen LogP contribution in [0.25, 0.3) is 99.4 Å². The lowest BCUT2D eigenvalue weighted by molar-refractivity contribution is 1.16. The first kappa shape index (κ1) is 28.1. The third-order valence-electron chi connectivity index (χ3n) is 9.47. The number of fused-ring (bicyclic) bond motifs is 6. The molecule has 0 unspecified atom stereocenters. The second kappa shape index (κ2) is 11.4. The molecule has 0 amide bonds. The van der Waals surface area contributed by atoms with Crippen LogP contribution in [0.1, 0.15) is 0 Å². The summed E-state index contributed by atoms with van der Waals surface area (Å²) in [5.74, 6) is 0. The Bertz CT molecular complexity index is 2940. The average molecular weight is 639 g/mol. The zero-order valence-electron chi connectivity index (χ0n) is 26.7. The highest BCUT2D eigenvalue weighted by Gasteiger charge is 2.14. The number of rotatable bonds is 4. The third kappa shape index (κ3) is 4.73. The smallest absolute Gasteiger partial charge is 0.116 e. The van der Waals surface area contributed by atoms with E-state index >= 15 is 0 Å². The highest BCUT2D eigenvalue weighted by molar-refractivity contribution is 6.07. The predicted molar refractivity (Wildman–Crippen MR) is 202 cm³/mol. The van der Waals surface area contributed by atoms with E-state index in [9.17, 15) is 0 Å². The minimum absolute atomic E-state index is 0.805. The minimum Gasteiger partial charge on any atom is -0.254 e. The molecule has 5 heterocycles. The monoisotopic (exact) mass is 638 g/mol. The number of hydrogen-bond donors (Lipinski definition) is 0. The van der Waals surface area contributed by atoms with Crippen molar-refractivity contribution >= 4 is 54.4 Å². The summed E-state index contributed by atoms with van der Waals surface area (Å²) in [6.07, 6.45) is 5.11. The summed E-state index contributed by atoms with van der Waals surface area (Å²) in [5.41, 5.74) is 11.6. The Hall–Kier alpha value is -6.92. The maximum absolute atomic E-state index is 5.15. The SMILES string of the molecule is c1cnc2c(c1)ccc1ccc(-c3ccc(-c4ccc5cc(-c6ccc7ccc(-c8ccncn8)nc7c6)ccc5n4)c4ccccc34)nc12. The molecule has 50 heavy (non-hydrogen) atoms. The van der Waals surface area contributed by atoms with Gasteiger partial charge in [0.25, 0.3) is 0 Å². The van der Waals surface area contributed by atoms with Gasteiger partial charge in [0.2, 0.25) is 0 Å². The summed E-state index contributed by atoms with van der Waals surface area (Å²) in [6.45, 7) is 0. The van der Waals surface area contributed by atoms with Crippen molar-refractivity contribution in [2.75, 3.05) is 0 Å². The zero-order chi connectivity index (χ0) is 33.0. The van der Waals surface area contributed by atoms with Crippen molar-refractivity contribution in [1.82, 2.24) is 29.9 Å². The summed E-state index contributed by atoms with van der Waals surface area (Å²) in [6, 6.07) is 48.5. The van der Waals surface area contributed by atoms with Gasteiger partial charge in [-0.15, -0.1) is 0 Å². The van der Waals surface area contributed by atoms with Gasteiger partial charge in [-0.05, 0) is 70.4 Å². The first-order chi connectivity index (χ1) is 24.7. The molecule has 10 aromatic rings. The number of nitrogens with zero attached hydrogens (tertiary/aromatic N) is 6. The summed E-state index contributed by atoms with van der Waals surface area (Å²) < 4.78 is 0. The van der Waals surface area contributed by atoms with E-state index in [1.165, 1.54) is 0 Å². The molecule has 0 spiro atoms. The van der Waals surface area contributed by atoms with Crippen molar-refractivity contribution in [1.29, 1.82) is 0 Å². The van der Waals surface area contributed by atoms with Gasteiger partial charge in [0.05, 0.1) is 44.8 Å². The largest absolute Gasteiger partial charge is 0.254 e. The van der Waals surface area contributed by atoms with E-state index in [2.05, 4.69) is 136 Å². The maximum atomic E-state index is 5.15. The zero-order valence-corrected chi connectivity index (χ0v) is 26.7. The van der Waals surface area contributed by atoms with Crippen molar-refractivity contribution in [3.8, 4) is 45.0 Å². The molecule has 0 aliphatic heterocycles. The Morgan fingerprint density at radius 1 is 0.360 bits per heavy atom. The van der Waals surface area contributed by atoms with E-state index in [4.69, 9.17) is 15.0 Å². The van der Waals surface area contributed by atoms with E-state index in [0.29, 0.717) is 0 Å². The quantitative estimate of drug-likeness (QED) is 0.179. The number of aromatic nitrogens is 6. The molecular weight excluding hydrogens is 613 g/mol. The van der Waals surface area contributed by atoms with Crippen molar-refractivity contribution < 1.29 is 0 Å². The Morgan fingerprint density at radius 3 is 1.84 bits per heavy atom. The van der Waals surface area contributed by atoms with Crippen molar-refractivity contribution in [3.05, 3.63) is 158 Å². The lowest BCUT2D eigenvalue weighted by atomic mass is 9.95. The lowest BCUT2D eigenvalue weighted by Gasteiger charge is -2.13. The first-order valence-electron chi connectivity index (χ1n) is 16.5. The molecule has 0 aliphatic carbocycles. The fraction of sp³-hybridized carbons (Fsp3) is 0.